The Morgan fingerprint density at radius 3 is 2.79 bits per heavy atom. The highest BCUT2D eigenvalue weighted by molar-refractivity contribution is 5.79. The van der Waals surface area contributed by atoms with Crippen molar-refractivity contribution in [3.05, 3.63) is 30.2 Å². The van der Waals surface area contributed by atoms with E-state index in [1.807, 2.05) is 43.6 Å². The molecule has 0 aliphatic heterocycles. The lowest BCUT2D eigenvalue weighted by Gasteiger charge is -2.16. The van der Waals surface area contributed by atoms with Crippen LogP contribution in [0.3, 0.4) is 0 Å². The van der Waals surface area contributed by atoms with E-state index >= 15 is 0 Å². The first kappa shape index (κ1) is 13.6. The van der Waals surface area contributed by atoms with Crippen molar-refractivity contribution in [2.45, 2.75) is 40.5 Å². The minimum absolute atomic E-state index is 0.249. The molecule has 102 valence electrons. The predicted molar refractivity (Wildman–Crippen MR) is 74.3 cm³/mol. The third-order valence-electron chi connectivity index (χ3n) is 2.82. The largest absolute Gasteiger partial charge is 0.422 e. The number of carbonyl (C=O) groups is 1. The highest BCUT2D eigenvalue weighted by atomic mass is 16.5. The number of rotatable bonds is 3. The minimum Gasteiger partial charge on any atom is -0.422 e. The monoisotopic (exact) mass is 260 g/mol. The fourth-order valence-electron chi connectivity index (χ4n) is 1.75. The highest BCUT2D eigenvalue weighted by Crippen LogP contribution is 2.23. The number of hydrogen-bond donors (Lipinski definition) is 0. The molecule has 4 heteroatoms. The van der Waals surface area contributed by atoms with Gasteiger partial charge in [0.1, 0.15) is 0 Å². The topological polar surface area (TPSA) is 43.6 Å². The molecule has 0 N–H and O–H groups in total. The second kappa shape index (κ2) is 5.03. The smallest absolute Gasteiger partial charge is 0.316 e. The van der Waals surface area contributed by atoms with Crippen LogP contribution < -0.4 is 4.74 Å². The average Bonchev–Trinajstić information content (AvgIpc) is 2.72. The number of imidazole rings is 1. The lowest BCUT2D eigenvalue weighted by Crippen LogP contribution is -2.25. The average molecular weight is 260 g/mol. The molecule has 2 heterocycles. The quantitative estimate of drug-likeness (QED) is 0.796. The summed E-state index contributed by atoms with van der Waals surface area (Å²) in [4.78, 5) is 16.5. The first-order valence-corrected chi connectivity index (χ1v) is 6.60. The van der Waals surface area contributed by atoms with Crippen LogP contribution in [0, 0.1) is 5.41 Å². The van der Waals surface area contributed by atoms with Gasteiger partial charge in [0.2, 0.25) is 0 Å². The van der Waals surface area contributed by atoms with Crippen LogP contribution in [0.1, 0.15) is 39.8 Å². The molecule has 0 aliphatic carbocycles. The molecule has 0 fully saturated rings. The molecule has 4 nitrogen and oxygen atoms in total. The van der Waals surface area contributed by atoms with Crippen LogP contribution in [0.25, 0.3) is 5.65 Å². The summed E-state index contributed by atoms with van der Waals surface area (Å²) in [6.45, 7) is 7.63. The Balaban J connectivity index is 2.35. The van der Waals surface area contributed by atoms with Gasteiger partial charge in [-0.1, -0.05) is 13.3 Å². The van der Waals surface area contributed by atoms with Gasteiger partial charge in [-0.25, -0.2) is 4.98 Å². The Morgan fingerprint density at radius 1 is 1.42 bits per heavy atom. The van der Waals surface area contributed by atoms with Crippen LogP contribution in [0.2, 0.25) is 0 Å². The normalized spacial score (nSPS) is 11.8. The molecule has 2 aromatic heterocycles. The molecule has 0 unspecified atom stereocenters. The zero-order valence-corrected chi connectivity index (χ0v) is 11.9. The number of ether oxygens (including phenoxy) is 1. The van der Waals surface area contributed by atoms with Crippen molar-refractivity contribution >= 4 is 11.6 Å². The van der Waals surface area contributed by atoms with Crippen LogP contribution in [0.15, 0.2) is 24.5 Å². The summed E-state index contributed by atoms with van der Waals surface area (Å²) >= 11 is 0. The van der Waals surface area contributed by atoms with Crippen LogP contribution in [0.4, 0.5) is 0 Å². The molecule has 0 saturated heterocycles. The highest BCUT2D eigenvalue weighted by Gasteiger charge is 2.24. The minimum atomic E-state index is -0.522. The molecule has 19 heavy (non-hydrogen) atoms. The van der Waals surface area contributed by atoms with Gasteiger partial charge in [-0.15, -0.1) is 0 Å². The number of esters is 1. The molecule has 0 aliphatic rings. The van der Waals surface area contributed by atoms with E-state index < -0.39 is 5.41 Å². The second-order valence-electron chi connectivity index (χ2n) is 5.73. The number of hydrogen-bond acceptors (Lipinski definition) is 3. The number of fused-ring (bicyclic) bond motifs is 1. The van der Waals surface area contributed by atoms with E-state index in [4.69, 9.17) is 4.74 Å². The molecule has 2 rings (SSSR count). The van der Waals surface area contributed by atoms with Crippen molar-refractivity contribution in [2.75, 3.05) is 0 Å². The molecule has 0 spiro atoms. The maximum Gasteiger partial charge on any atom is 0.316 e. The van der Waals surface area contributed by atoms with E-state index in [0.717, 1.165) is 18.5 Å². The fourth-order valence-corrected chi connectivity index (χ4v) is 1.75. The molecule has 0 aromatic carbocycles. The van der Waals surface area contributed by atoms with Gasteiger partial charge in [0.15, 0.2) is 11.4 Å². The van der Waals surface area contributed by atoms with Crippen molar-refractivity contribution < 1.29 is 9.53 Å². The molecule has 0 bridgehead atoms. The zero-order valence-electron chi connectivity index (χ0n) is 11.9. The Kier molecular flexibility index (Phi) is 3.60. The van der Waals surface area contributed by atoms with Gasteiger partial charge in [-0.05, 0) is 39.3 Å². The lowest BCUT2D eigenvalue weighted by molar-refractivity contribution is -0.142. The number of aryl methyl sites for hydroxylation is 1. The second-order valence-corrected chi connectivity index (χ2v) is 5.73. The van der Waals surface area contributed by atoms with Crippen molar-refractivity contribution in [3.63, 3.8) is 0 Å². The van der Waals surface area contributed by atoms with Gasteiger partial charge in [-0.2, -0.15) is 0 Å². The molecule has 0 atom stereocenters. The van der Waals surface area contributed by atoms with Crippen molar-refractivity contribution in [2.24, 2.45) is 5.41 Å². The van der Waals surface area contributed by atoms with Gasteiger partial charge in [-0.3, -0.25) is 4.79 Å². The number of nitrogens with zero attached hydrogens (tertiary/aromatic N) is 2. The number of pyridine rings is 1. The molecular weight excluding hydrogens is 240 g/mol. The molecule has 0 amide bonds. The molecule has 0 radical (unpaired) electrons. The zero-order chi connectivity index (χ0) is 14.0. The summed E-state index contributed by atoms with van der Waals surface area (Å²) in [7, 11) is 0. The van der Waals surface area contributed by atoms with Gasteiger partial charge in [0, 0.05) is 12.4 Å². The van der Waals surface area contributed by atoms with E-state index in [1.54, 1.807) is 6.07 Å². The molecule has 0 saturated carbocycles. The van der Waals surface area contributed by atoms with E-state index in [-0.39, 0.29) is 5.97 Å². The third-order valence-corrected chi connectivity index (χ3v) is 2.82. The van der Waals surface area contributed by atoms with Gasteiger partial charge in [0.25, 0.3) is 0 Å². The third kappa shape index (κ3) is 2.95. The van der Waals surface area contributed by atoms with Crippen molar-refractivity contribution in [1.82, 2.24) is 9.38 Å². The SMILES string of the molecule is CCCc1cn2cccc(OC(=O)C(C)(C)C)c2n1. The predicted octanol–water partition coefficient (Wildman–Crippen LogP) is 3.24. The Morgan fingerprint density at radius 2 is 2.16 bits per heavy atom. The maximum absolute atomic E-state index is 12.0. The van der Waals surface area contributed by atoms with Gasteiger partial charge < -0.3 is 9.14 Å². The van der Waals surface area contributed by atoms with Crippen LogP contribution in [-0.4, -0.2) is 15.4 Å². The maximum atomic E-state index is 12.0. The summed E-state index contributed by atoms with van der Waals surface area (Å²) in [6, 6.07) is 3.64. The van der Waals surface area contributed by atoms with Crippen LogP contribution in [-0.2, 0) is 11.2 Å². The standard InChI is InChI=1S/C15H20N2O2/c1-5-7-11-10-17-9-6-8-12(13(17)16-11)19-14(18)15(2,3)4/h6,8-10H,5,7H2,1-4H3. The summed E-state index contributed by atoms with van der Waals surface area (Å²) in [5, 5.41) is 0. The van der Waals surface area contributed by atoms with E-state index in [1.165, 1.54) is 0 Å². The van der Waals surface area contributed by atoms with Crippen molar-refractivity contribution in [1.29, 1.82) is 0 Å². The van der Waals surface area contributed by atoms with Crippen LogP contribution in [0.5, 0.6) is 5.75 Å². The summed E-state index contributed by atoms with van der Waals surface area (Å²) in [5.74, 6) is 0.269. The fraction of sp³-hybridized carbons (Fsp3) is 0.467. The van der Waals surface area contributed by atoms with E-state index in [9.17, 15) is 4.79 Å². The van der Waals surface area contributed by atoms with E-state index in [0.29, 0.717) is 11.4 Å². The Hall–Kier alpha value is -1.84. The first-order valence-electron chi connectivity index (χ1n) is 6.60. The van der Waals surface area contributed by atoms with Crippen molar-refractivity contribution in [3.8, 4) is 5.75 Å². The lowest BCUT2D eigenvalue weighted by atomic mass is 9.97. The Bertz CT molecular complexity index is 594. The van der Waals surface area contributed by atoms with Gasteiger partial charge in [0.05, 0.1) is 11.1 Å². The molecule has 2 aromatic rings. The summed E-state index contributed by atoms with van der Waals surface area (Å²) in [5.41, 5.74) is 1.19. The van der Waals surface area contributed by atoms with Crippen LogP contribution >= 0.6 is 0 Å². The van der Waals surface area contributed by atoms with E-state index in [2.05, 4.69) is 11.9 Å². The summed E-state index contributed by atoms with van der Waals surface area (Å²) < 4.78 is 7.36. The molecular formula is C15H20N2O2. The number of carbonyl (C=O) groups excluding carboxylic acids is 1. The Labute approximate surface area is 113 Å². The first-order chi connectivity index (χ1) is 8.91. The summed E-state index contributed by atoms with van der Waals surface area (Å²) in [6.07, 6.45) is 5.86. The number of aromatic nitrogens is 2. The van der Waals surface area contributed by atoms with Gasteiger partial charge >= 0.3 is 5.97 Å².